The number of methoxy groups -OCH3 is 1. The predicted molar refractivity (Wildman–Crippen MR) is 145 cm³/mol. The Balaban J connectivity index is 1.67. The topological polar surface area (TPSA) is 174 Å². The fourth-order valence-corrected chi connectivity index (χ4v) is 6.62. The second-order valence-electron chi connectivity index (χ2n) is 11.2. The molecule has 2 aromatic carbocycles. The molecular weight excluding hydrogens is 518 g/mol. The van der Waals surface area contributed by atoms with Gasteiger partial charge in [-0.1, -0.05) is 19.9 Å². The van der Waals surface area contributed by atoms with E-state index in [2.05, 4.69) is 4.90 Å². The summed E-state index contributed by atoms with van der Waals surface area (Å²) in [6.45, 7) is 7.17. The normalized spacial score (nSPS) is 25.9. The maximum Gasteiger partial charge on any atom is 0.255 e. The first-order valence-corrected chi connectivity index (χ1v) is 13.4. The Bertz CT molecular complexity index is 1440. The summed E-state index contributed by atoms with van der Waals surface area (Å²) in [5, 5.41) is 45.6. The fourth-order valence-electron chi connectivity index (χ4n) is 6.62. The van der Waals surface area contributed by atoms with Gasteiger partial charge in [-0.2, -0.15) is 0 Å². The third-order valence-electron chi connectivity index (χ3n) is 8.69. The predicted octanol–water partition coefficient (Wildman–Crippen LogP) is 0.973. The van der Waals surface area contributed by atoms with Crippen molar-refractivity contribution in [3.63, 3.8) is 0 Å². The summed E-state index contributed by atoms with van der Waals surface area (Å²) in [6, 6.07) is 3.76. The minimum Gasteiger partial charge on any atom is -0.508 e. The Hall–Kier alpha value is -3.51. The Morgan fingerprint density at radius 3 is 2.42 bits per heavy atom. The molecule has 5 rings (SSSR count). The molecule has 0 bridgehead atoms. The number of amides is 1. The summed E-state index contributed by atoms with van der Waals surface area (Å²) in [6.07, 6.45) is -0.0509. The molecule has 2 aromatic rings. The van der Waals surface area contributed by atoms with Crippen LogP contribution in [0, 0.1) is 5.92 Å². The van der Waals surface area contributed by atoms with E-state index in [9.17, 15) is 34.8 Å². The van der Waals surface area contributed by atoms with Gasteiger partial charge in [0.2, 0.25) is 5.78 Å². The molecule has 1 heterocycles. The van der Waals surface area contributed by atoms with E-state index < -0.39 is 52.1 Å². The number of carbonyl (C=O) groups is 3. The van der Waals surface area contributed by atoms with Crippen LogP contribution in [0.15, 0.2) is 29.5 Å². The van der Waals surface area contributed by atoms with Crippen LogP contribution in [-0.4, -0.2) is 106 Å². The summed E-state index contributed by atoms with van der Waals surface area (Å²) < 4.78 is 5.16. The second-order valence-corrected chi connectivity index (χ2v) is 11.2. The number of phenols is 2. The number of aromatic hydroxyl groups is 2. The Morgan fingerprint density at radius 1 is 1.15 bits per heavy atom. The van der Waals surface area contributed by atoms with Gasteiger partial charge in [0.15, 0.2) is 11.4 Å². The number of fused-ring (bicyclic) bond motifs is 3. The van der Waals surface area contributed by atoms with Crippen LogP contribution in [0.4, 0.5) is 0 Å². The first kappa shape index (κ1) is 28.0. The lowest BCUT2D eigenvalue weighted by Gasteiger charge is -2.50. The number of phenolic OH excluding ortho intramolecular Hbond substituents is 2. The second kappa shape index (κ2) is 10.2. The van der Waals surface area contributed by atoms with E-state index in [0.717, 1.165) is 5.56 Å². The Labute approximate surface area is 231 Å². The lowest BCUT2D eigenvalue weighted by Crippen LogP contribution is -2.67. The maximum absolute atomic E-state index is 14.1. The van der Waals surface area contributed by atoms with Gasteiger partial charge in [-0.05, 0) is 41.0 Å². The van der Waals surface area contributed by atoms with Crippen LogP contribution in [0.1, 0.15) is 41.3 Å². The number of hydrogen-bond donors (Lipinski definition) is 5. The number of Topliss-reactive ketones (excluding diaryl/α,β-unsaturated/α-hetero) is 2. The highest BCUT2D eigenvalue weighted by molar-refractivity contribution is 6.25. The number of benzene rings is 2. The molecule has 11 heteroatoms. The van der Waals surface area contributed by atoms with Crippen molar-refractivity contribution in [2.24, 2.45) is 11.7 Å². The van der Waals surface area contributed by atoms with Crippen LogP contribution in [0.5, 0.6) is 11.5 Å². The smallest absolute Gasteiger partial charge is 0.255 e. The molecule has 1 saturated heterocycles. The van der Waals surface area contributed by atoms with Crippen molar-refractivity contribution in [2.45, 2.75) is 37.8 Å². The van der Waals surface area contributed by atoms with Crippen molar-refractivity contribution < 1.29 is 39.5 Å². The van der Waals surface area contributed by atoms with E-state index in [1.54, 1.807) is 19.2 Å². The third-order valence-corrected chi connectivity index (χ3v) is 8.69. The summed E-state index contributed by atoms with van der Waals surface area (Å²) >= 11 is 0. The monoisotopic (exact) mass is 553 g/mol. The average molecular weight is 554 g/mol. The molecule has 3 aliphatic rings. The molecule has 3 atom stereocenters. The van der Waals surface area contributed by atoms with E-state index in [-0.39, 0.29) is 29.0 Å². The van der Waals surface area contributed by atoms with E-state index in [4.69, 9.17) is 10.5 Å². The summed E-state index contributed by atoms with van der Waals surface area (Å²) in [5.74, 6) is -6.04. The molecular formula is C29H35N3O8. The number of nitrogens with zero attached hydrogens (tertiary/aromatic N) is 2. The van der Waals surface area contributed by atoms with Gasteiger partial charge in [-0.15, -0.1) is 0 Å². The molecule has 214 valence electrons. The highest BCUT2D eigenvalue weighted by Gasteiger charge is 2.62. The number of aliphatic hydroxyl groups excluding tert-OH is 1. The van der Waals surface area contributed by atoms with E-state index >= 15 is 0 Å². The quantitative estimate of drug-likeness (QED) is 0.324. The molecule has 1 amide bonds. The number of nitrogens with two attached hydrogens (primary N) is 1. The van der Waals surface area contributed by atoms with E-state index in [1.165, 1.54) is 6.07 Å². The van der Waals surface area contributed by atoms with E-state index in [0.29, 0.717) is 50.3 Å². The number of aliphatic hydroxyl groups is 2. The molecule has 0 radical (unpaired) electrons. The van der Waals surface area contributed by atoms with Gasteiger partial charge >= 0.3 is 0 Å². The minimum atomic E-state index is -2.68. The molecule has 0 unspecified atom stereocenters. The molecule has 6 N–H and O–H groups in total. The molecule has 0 aromatic heterocycles. The number of hydrogen-bond acceptors (Lipinski definition) is 10. The molecule has 1 fully saturated rings. The average Bonchev–Trinajstić information content (AvgIpc) is 2.90. The zero-order valence-electron chi connectivity index (χ0n) is 22.8. The first-order valence-electron chi connectivity index (χ1n) is 13.4. The number of ether oxygens (including phenoxy) is 1. The van der Waals surface area contributed by atoms with Crippen LogP contribution in [0.3, 0.4) is 0 Å². The minimum absolute atomic E-state index is 0.0280. The summed E-state index contributed by atoms with van der Waals surface area (Å²) in [7, 11) is 1.62. The third kappa shape index (κ3) is 4.07. The van der Waals surface area contributed by atoms with Gasteiger partial charge in [0, 0.05) is 45.8 Å². The number of primary amides is 1. The van der Waals surface area contributed by atoms with Crippen molar-refractivity contribution in [3.05, 3.63) is 46.2 Å². The lowest BCUT2D eigenvalue weighted by molar-refractivity contribution is -0.134. The van der Waals surface area contributed by atoms with Crippen LogP contribution < -0.4 is 5.73 Å². The highest BCUT2D eigenvalue weighted by Crippen LogP contribution is 2.50. The van der Waals surface area contributed by atoms with Crippen LogP contribution in [0.2, 0.25) is 0 Å². The van der Waals surface area contributed by atoms with Gasteiger partial charge in [-0.3, -0.25) is 24.2 Å². The molecule has 40 heavy (non-hydrogen) atoms. The molecule has 2 aliphatic carbocycles. The highest BCUT2D eigenvalue weighted by atomic mass is 16.5. The lowest BCUT2D eigenvalue weighted by atomic mass is 9.61. The van der Waals surface area contributed by atoms with Crippen LogP contribution >= 0.6 is 0 Å². The Kier molecular flexibility index (Phi) is 7.11. The van der Waals surface area contributed by atoms with Crippen molar-refractivity contribution >= 4 is 28.2 Å². The molecule has 1 aliphatic heterocycles. The van der Waals surface area contributed by atoms with Crippen molar-refractivity contribution in [2.75, 3.05) is 46.4 Å². The maximum atomic E-state index is 14.1. The van der Waals surface area contributed by atoms with Crippen molar-refractivity contribution in [1.29, 1.82) is 0 Å². The number of rotatable bonds is 6. The van der Waals surface area contributed by atoms with Gasteiger partial charge in [-0.25, -0.2) is 0 Å². The van der Waals surface area contributed by atoms with Crippen LogP contribution in [-0.2, 0) is 20.7 Å². The van der Waals surface area contributed by atoms with Crippen molar-refractivity contribution in [1.82, 2.24) is 9.80 Å². The van der Waals surface area contributed by atoms with Crippen LogP contribution in [0.25, 0.3) is 10.8 Å². The van der Waals surface area contributed by atoms with Gasteiger partial charge in [0.05, 0.1) is 23.6 Å². The number of carbonyl (C=O) groups excluding carboxylic acids is 3. The summed E-state index contributed by atoms with van der Waals surface area (Å²) in [4.78, 5) is 44.1. The van der Waals surface area contributed by atoms with Crippen molar-refractivity contribution in [3.8, 4) is 11.5 Å². The van der Waals surface area contributed by atoms with E-state index in [1.807, 2.05) is 18.7 Å². The standard InChI is InChI=1S/C29H35N3O8/c1-14(2)16-4-5-19(33)21-17(16)12-15-13-18-23(32-8-6-31(7-9-32)10-11-40-3)25(35)22(28(30)38)27(37)29(18,39)26(36)20(15)24(21)34/h4-5,12,14,18,23,33-34,37,39H,6-11,13H2,1-3H3,(H2,30,38)/t18-,23+,29-/m0/s1. The molecule has 0 saturated carbocycles. The van der Waals surface area contributed by atoms with Gasteiger partial charge in [0.1, 0.15) is 22.8 Å². The molecule has 0 spiro atoms. The summed E-state index contributed by atoms with van der Waals surface area (Å²) in [5.41, 5.74) is 2.94. The zero-order valence-corrected chi connectivity index (χ0v) is 22.8. The zero-order chi connectivity index (χ0) is 29.1. The number of piperazine rings is 1. The largest absolute Gasteiger partial charge is 0.508 e. The molecule has 11 nitrogen and oxygen atoms in total. The first-order chi connectivity index (χ1) is 18.9. The fraction of sp³-hybridized carbons (Fsp3) is 0.483. The van der Waals surface area contributed by atoms with Gasteiger partial charge in [0.25, 0.3) is 5.91 Å². The van der Waals surface area contributed by atoms with Gasteiger partial charge < -0.3 is 30.9 Å². The number of ketones is 2. The Morgan fingerprint density at radius 2 is 1.82 bits per heavy atom. The SMILES string of the molecule is COCCN1CCN([C@H]2C(=O)C(C(N)=O)=C(O)[C@@]3(O)C(=O)c4c(cc5c(C(C)C)ccc(O)c5c4O)C[C@@H]23)CC1.